The minimum atomic E-state index is 0. The second-order valence-corrected chi connectivity index (χ2v) is 5.21. The second-order valence-electron chi connectivity index (χ2n) is 2.87. The number of fused-ring (bicyclic) bond motifs is 1. The Morgan fingerprint density at radius 3 is 2.69 bits per heavy atom. The molecule has 13 heavy (non-hydrogen) atoms. The summed E-state index contributed by atoms with van der Waals surface area (Å²) >= 11 is 4.81. The van der Waals surface area contributed by atoms with Crippen molar-refractivity contribution in [3.05, 3.63) is 14.2 Å². The normalized spacial score (nSPS) is 15.0. The average Bonchev–Trinajstić information content (AvgIpc) is 2.32. The van der Waals surface area contributed by atoms with Crippen LogP contribution in [-0.2, 0) is 6.42 Å². The van der Waals surface area contributed by atoms with Crippen LogP contribution < -0.4 is 5.73 Å². The Morgan fingerprint density at radius 2 is 2.08 bits per heavy atom. The van der Waals surface area contributed by atoms with Gasteiger partial charge in [-0.3, -0.25) is 4.79 Å². The lowest BCUT2D eigenvalue weighted by Crippen LogP contribution is -2.08. The Morgan fingerprint density at radius 1 is 1.38 bits per heavy atom. The maximum Gasteiger partial charge on any atom is 0.173 e. The molecule has 72 valence electrons. The molecule has 0 aliphatic heterocycles. The summed E-state index contributed by atoms with van der Waals surface area (Å²) in [6, 6.07) is 0. The van der Waals surface area contributed by atoms with E-state index in [-0.39, 0.29) is 18.2 Å². The first-order valence-corrected chi connectivity index (χ1v) is 5.41. The lowest BCUT2D eigenvalue weighted by Gasteiger charge is -2.09. The zero-order valence-corrected chi connectivity index (χ0v) is 10.0. The lowest BCUT2D eigenvalue weighted by atomic mass is 9.97. The van der Waals surface area contributed by atoms with Crippen LogP contribution in [0.4, 0.5) is 5.69 Å². The van der Waals surface area contributed by atoms with Crippen molar-refractivity contribution < 1.29 is 4.79 Å². The van der Waals surface area contributed by atoms with Crippen molar-refractivity contribution in [3.8, 4) is 0 Å². The number of thiophene rings is 1. The van der Waals surface area contributed by atoms with Crippen LogP contribution in [0.25, 0.3) is 0 Å². The van der Waals surface area contributed by atoms with Gasteiger partial charge in [-0.25, -0.2) is 0 Å². The maximum absolute atomic E-state index is 11.4. The van der Waals surface area contributed by atoms with E-state index in [9.17, 15) is 4.79 Å². The number of ketones is 1. The summed E-state index contributed by atoms with van der Waals surface area (Å²) in [6.45, 7) is 0. The quantitative estimate of drug-likeness (QED) is 0.795. The van der Waals surface area contributed by atoms with Crippen LogP contribution in [-0.4, -0.2) is 5.78 Å². The molecule has 0 atom stereocenters. The first kappa shape index (κ1) is 11.0. The summed E-state index contributed by atoms with van der Waals surface area (Å²) in [6.07, 6.45) is 2.58. The Balaban J connectivity index is 0.000000845. The Kier molecular flexibility index (Phi) is 3.38. The van der Waals surface area contributed by atoms with Crippen LogP contribution in [0.3, 0.4) is 0 Å². The van der Waals surface area contributed by atoms with Gasteiger partial charge in [-0.1, -0.05) is 0 Å². The summed E-state index contributed by atoms with van der Waals surface area (Å²) in [5, 5.41) is 0. The van der Waals surface area contributed by atoms with E-state index in [4.69, 9.17) is 5.73 Å². The molecule has 0 saturated carbocycles. The van der Waals surface area contributed by atoms with E-state index in [0.29, 0.717) is 6.42 Å². The number of hydrogen-bond acceptors (Lipinski definition) is 3. The van der Waals surface area contributed by atoms with Gasteiger partial charge in [0.05, 0.1) is 14.4 Å². The second kappa shape index (κ2) is 3.98. The van der Waals surface area contributed by atoms with Crippen molar-refractivity contribution in [1.29, 1.82) is 0 Å². The molecule has 0 bridgehead atoms. The smallest absolute Gasteiger partial charge is 0.173 e. The van der Waals surface area contributed by atoms with Gasteiger partial charge < -0.3 is 5.73 Å². The summed E-state index contributed by atoms with van der Waals surface area (Å²) in [7, 11) is 0. The molecule has 2 nitrogen and oxygen atoms in total. The van der Waals surface area contributed by atoms with E-state index in [1.165, 1.54) is 11.3 Å². The lowest BCUT2D eigenvalue weighted by molar-refractivity contribution is 0.0977. The summed E-state index contributed by atoms with van der Waals surface area (Å²) < 4.78 is 0.905. The number of halogens is 2. The molecule has 0 spiro atoms. The minimum Gasteiger partial charge on any atom is -0.397 e. The highest BCUT2D eigenvalue weighted by molar-refractivity contribution is 9.11. The van der Waals surface area contributed by atoms with Gasteiger partial charge in [0.2, 0.25) is 0 Å². The van der Waals surface area contributed by atoms with E-state index < -0.39 is 0 Å². The monoisotopic (exact) mass is 281 g/mol. The van der Waals surface area contributed by atoms with Crippen molar-refractivity contribution in [1.82, 2.24) is 0 Å². The fraction of sp³-hybridized carbons (Fsp3) is 0.375. The van der Waals surface area contributed by atoms with Crippen LogP contribution in [0.2, 0.25) is 0 Å². The van der Waals surface area contributed by atoms with Gasteiger partial charge in [-0.15, -0.1) is 23.7 Å². The zero-order chi connectivity index (χ0) is 8.72. The molecule has 1 aromatic heterocycles. The topological polar surface area (TPSA) is 43.1 Å². The van der Waals surface area contributed by atoms with Crippen molar-refractivity contribution in [2.45, 2.75) is 19.3 Å². The average molecular weight is 283 g/mol. The summed E-state index contributed by atoms with van der Waals surface area (Å²) in [5.41, 5.74) is 7.62. The molecular formula is C8H9BrClNOS. The number of nitrogens with two attached hydrogens (primary N) is 1. The van der Waals surface area contributed by atoms with Crippen molar-refractivity contribution in [2.75, 3.05) is 5.73 Å². The number of hydrogen-bond donors (Lipinski definition) is 1. The zero-order valence-electron chi connectivity index (χ0n) is 6.80. The highest BCUT2D eigenvalue weighted by Crippen LogP contribution is 2.39. The van der Waals surface area contributed by atoms with Gasteiger partial charge in [0.15, 0.2) is 5.78 Å². The molecule has 0 amide bonds. The largest absolute Gasteiger partial charge is 0.397 e. The van der Waals surface area contributed by atoms with Crippen LogP contribution >= 0.6 is 39.7 Å². The van der Waals surface area contributed by atoms with Gasteiger partial charge in [0.25, 0.3) is 0 Å². The molecule has 2 N–H and O–H groups in total. The third-order valence-electron chi connectivity index (χ3n) is 2.09. The molecule has 1 aliphatic carbocycles. The van der Waals surface area contributed by atoms with Gasteiger partial charge in [0, 0.05) is 6.42 Å². The summed E-state index contributed by atoms with van der Waals surface area (Å²) in [4.78, 5) is 12.3. The van der Waals surface area contributed by atoms with Gasteiger partial charge >= 0.3 is 0 Å². The number of Topliss-reactive ketones (excluding diaryl/α,β-unsaturated/α-hetero) is 1. The molecule has 1 aliphatic rings. The molecule has 1 aromatic rings. The maximum atomic E-state index is 11.4. The molecule has 0 unspecified atom stereocenters. The fourth-order valence-corrected chi connectivity index (χ4v) is 3.15. The highest BCUT2D eigenvalue weighted by atomic mass is 79.9. The van der Waals surface area contributed by atoms with Gasteiger partial charge in [-0.2, -0.15) is 0 Å². The van der Waals surface area contributed by atoms with E-state index in [1.54, 1.807) is 0 Å². The van der Waals surface area contributed by atoms with Crippen LogP contribution in [0.5, 0.6) is 0 Å². The minimum absolute atomic E-state index is 0. The molecule has 2 rings (SSSR count). The molecular weight excluding hydrogens is 274 g/mol. The molecule has 0 radical (unpaired) electrons. The fourth-order valence-electron chi connectivity index (χ4n) is 1.46. The molecule has 0 aromatic carbocycles. The third kappa shape index (κ3) is 1.75. The van der Waals surface area contributed by atoms with Crippen molar-refractivity contribution in [2.24, 2.45) is 0 Å². The summed E-state index contributed by atoms with van der Waals surface area (Å²) in [5.74, 6) is 0.249. The number of anilines is 1. The molecule has 1 heterocycles. The SMILES string of the molecule is Cl.Nc1c(Br)sc2c1CCCC2=O. The molecule has 0 saturated heterocycles. The van der Waals surface area contributed by atoms with Gasteiger partial charge in [0.1, 0.15) is 0 Å². The van der Waals surface area contributed by atoms with Gasteiger partial charge in [-0.05, 0) is 34.3 Å². The number of carbonyl (C=O) groups excluding carboxylic acids is 1. The van der Waals surface area contributed by atoms with Crippen molar-refractivity contribution >= 4 is 51.1 Å². The highest BCUT2D eigenvalue weighted by Gasteiger charge is 2.23. The van der Waals surface area contributed by atoms with Crippen molar-refractivity contribution in [3.63, 3.8) is 0 Å². The number of nitrogen functional groups attached to an aromatic ring is 1. The van der Waals surface area contributed by atoms with Crippen LogP contribution in [0.15, 0.2) is 3.79 Å². The first-order valence-electron chi connectivity index (χ1n) is 3.80. The number of rotatable bonds is 0. The van der Waals surface area contributed by atoms with Crippen LogP contribution in [0, 0.1) is 0 Å². The Labute approximate surface area is 95.0 Å². The predicted octanol–water partition coefficient (Wildman–Crippen LogP) is 3.03. The Bertz CT molecular complexity index is 350. The van der Waals surface area contributed by atoms with E-state index >= 15 is 0 Å². The van der Waals surface area contributed by atoms with E-state index in [2.05, 4.69) is 15.9 Å². The predicted molar refractivity (Wildman–Crippen MR) is 60.9 cm³/mol. The number of carbonyl (C=O) groups is 1. The standard InChI is InChI=1S/C8H8BrNOS.ClH/c9-8-6(10)4-2-1-3-5(11)7(4)12-8;/h1-3,10H2;1H. The first-order chi connectivity index (χ1) is 5.70. The molecule has 5 heteroatoms. The van der Waals surface area contributed by atoms with Crippen LogP contribution in [0.1, 0.15) is 28.1 Å². The Hall–Kier alpha value is -0.0600. The molecule has 0 fully saturated rings. The third-order valence-corrected chi connectivity index (χ3v) is 4.08. The van der Waals surface area contributed by atoms with E-state index in [1.807, 2.05) is 0 Å². The van der Waals surface area contributed by atoms with E-state index in [0.717, 1.165) is 32.8 Å².